The average molecular weight is 470 g/mol. The van der Waals surface area contributed by atoms with E-state index < -0.39 is 5.54 Å². The Balaban J connectivity index is 1.51. The number of ether oxygens (including phenoxy) is 1. The molecule has 3 aromatic rings. The van der Waals surface area contributed by atoms with Crippen LogP contribution in [0.4, 0.5) is 11.4 Å². The predicted molar refractivity (Wildman–Crippen MR) is 126 cm³/mol. The molecule has 1 N–H and O–H groups in total. The number of benzene rings is 2. The number of anilines is 2. The highest BCUT2D eigenvalue weighted by Gasteiger charge is 2.52. The van der Waals surface area contributed by atoms with Crippen LogP contribution in [0, 0.1) is 6.92 Å². The number of hydrogen-bond donors (Lipinski definition) is 1. The molecule has 5 rings (SSSR count). The second-order valence-electron chi connectivity index (χ2n) is 8.25. The van der Waals surface area contributed by atoms with Crippen molar-refractivity contribution in [2.75, 3.05) is 16.8 Å². The molecule has 0 unspecified atom stereocenters. The number of fused-ring (bicyclic) bond motifs is 2. The number of para-hydroxylation sites is 2. The zero-order valence-corrected chi connectivity index (χ0v) is 19.0. The Morgan fingerprint density at radius 3 is 2.69 bits per heavy atom. The summed E-state index contributed by atoms with van der Waals surface area (Å²) in [5.41, 5.74) is 1.69. The molecule has 1 aliphatic heterocycles. The summed E-state index contributed by atoms with van der Waals surface area (Å²) in [6.07, 6.45) is 3.00. The Kier molecular flexibility index (Phi) is 5.22. The van der Waals surface area contributed by atoms with Gasteiger partial charge < -0.3 is 10.1 Å². The van der Waals surface area contributed by atoms with Crippen molar-refractivity contribution in [1.29, 1.82) is 0 Å². The zero-order chi connectivity index (χ0) is 22.5. The number of pyridine rings is 1. The highest BCUT2D eigenvalue weighted by molar-refractivity contribution is 6.39. The van der Waals surface area contributed by atoms with Crippen molar-refractivity contribution >= 4 is 57.3 Å². The van der Waals surface area contributed by atoms with Crippen LogP contribution in [0.15, 0.2) is 42.5 Å². The molecule has 0 saturated heterocycles. The first-order valence-corrected chi connectivity index (χ1v) is 11.3. The lowest BCUT2D eigenvalue weighted by molar-refractivity contribution is -0.128. The van der Waals surface area contributed by atoms with Crippen molar-refractivity contribution in [3.63, 3.8) is 0 Å². The zero-order valence-electron chi connectivity index (χ0n) is 17.5. The van der Waals surface area contributed by atoms with Crippen LogP contribution in [0.25, 0.3) is 10.9 Å². The van der Waals surface area contributed by atoms with Gasteiger partial charge in [-0.05, 0) is 50.1 Å². The first-order chi connectivity index (χ1) is 15.4. The summed E-state index contributed by atoms with van der Waals surface area (Å²) in [5.74, 6) is -0.145. The quantitative estimate of drug-likeness (QED) is 0.547. The van der Waals surface area contributed by atoms with E-state index in [1.54, 1.807) is 17.0 Å². The third-order valence-corrected chi connectivity index (χ3v) is 6.83. The van der Waals surface area contributed by atoms with Crippen molar-refractivity contribution in [3.8, 4) is 5.75 Å². The SMILES string of the molecule is Cc1ccc2c(Cl)cc(Cl)c(OCC(=O)N3c4ccccc4NC(=O)C34CCCC4)c2n1. The van der Waals surface area contributed by atoms with Gasteiger partial charge in [-0.1, -0.05) is 48.2 Å². The van der Waals surface area contributed by atoms with E-state index in [0.717, 1.165) is 18.5 Å². The van der Waals surface area contributed by atoms with Crippen LogP contribution in [-0.4, -0.2) is 28.9 Å². The number of carbonyl (C=O) groups is 2. The molecule has 1 fully saturated rings. The third-order valence-electron chi connectivity index (χ3n) is 6.24. The van der Waals surface area contributed by atoms with Crippen molar-refractivity contribution < 1.29 is 14.3 Å². The minimum absolute atomic E-state index is 0.144. The Morgan fingerprint density at radius 1 is 1.16 bits per heavy atom. The molecule has 2 amide bonds. The van der Waals surface area contributed by atoms with Gasteiger partial charge in [-0.2, -0.15) is 0 Å². The smallest absolute Gasteiger partial charge is 0.265 e. The van der Waals surface area contributed by atoms with Gasteiger partial charge in [-0.3, -0.25) is 14.5 Å². The predicted octanol–water partition coefficient (Wildman–Crippen LogP) is 5.53. The van der Waals surface area contributed by atoms with E-state index in [1.165, 1.54) is 0 Å². The van der Waals surface area contributed by atoms with Crippen LogP contribution >= 0.6 is 23.2 Å². The summed E-state index contributed by atoms with van der Waals surface area (Å²) in [5, 5.41) is 4.41. The summed E-state index contributed by atoms with van der Waals surface area (Å²) in [6, 6.07) is 12.6. The van der Waals surface area contributed by atoms with Crippen LogP contribution in [0.5, 0.6) is 5.75 Å². The van der Waals surface area contributed by atoms with Crippen molar-refractivity contribution in [1.82, 2.24) is 4.98 Å². The summed E-state index contributed by atoms with van der Waals surface area (Å²) >= 11 is 12.7. The third kappa shape index (κ3) is 3.29. The number of nitrogens with one attached hydrogen (secondary N) is 1. The molecule has 2 aromatic carbocycles. The Hall–Kier alpha value is -2.83. The molecule has 2 heterocycles. The van der Waals surface area contributed by atoms with E-state index in [1.807, 2.05) is 37.3 Å². The molecule has 1 aromatic heterocycles. The van der Waals surface area contributed by atoms with Gasteiger partial charge in [-0.15, -0.1) is 0 Å². The van der Waals surface area contributed by atoms with Gasteiger partial charge in [-0.25, -0.2) is 4.98 Å². The Labute approximate surface area is 195 Å². The molecule has 0 atom stereocenters. The standard InChI is InChI=1S/C24H21Cl2N3O3/c1-14-8-9-15-16(25)12-17(26)22(21(15)27-14)32-13-20(30)29-19-7-3-2-6-18(19)28-23(31)24(29)10-4-5-11-24/h2-3,6-9,12H,4-5,10-11,13H2,1H3,(H,28,31). The van der Waals surface area contributed by atoms with E-state index in [-0.39, 0.29) is 23.4 Å². The fourth-order valence-electron chi connectivity index (χ4n) is 4.75. The first-order valence-electron chi connectivity index (χ1n) is 10.5. The number of amides is 2. The molecule has 6 nitrogen and oxygen atoms in total. The lowest BCUT2D eigenvalue weighted by Gasteiger charge is -2.44. The second kappa shape index (κ2) is 7.94. The number of aromatic nitrogens is 1. The monoisotopic (exact) mass is 469 g/mol. The average Bonchev–Trinajstić information content (AvgIpc) is 3.24. The molecule has 1 aliphatic carbocycles. The van der Waals surface area contributed by atoms with Crippen molar-refractivity contribution in [3.05, 3.63) is 58.2 Å². The maximum atomic E-state index is 13.6. The number of halogens is 2. The molecular formula is C24H21Cl2N3O3. The molecule has 2 aliphatic rings. The maximum absolute atomic E-state index is 13.6. The molecule has 0 radical (unpaired) electrons. The molecule has 164 valence electrons. The van der Waals surface area contributed by atoms with E-state index in [9.17, 15) is 9.59 Å². The largest absolute Gasteiger partial charge is 0.480 e. The van der Waals surface area contributed by atoms with Crippen molar-refractivity contribution in [2.45, 2.75) is 38.1 Å². The van der Waals surface area contributed by atoms with Crippen LogP contribution in [-0.2, 0) is 9.59 Å². The van der Waals surface area contributed by atoms with Crippen LogP contribution < -0.4 is 15.0 Å². The highest BCUT2D eigenvalue weighted by Crippen LogP contribution is 2.45. The fraction of sp³-hybridized carbons (Fsp3) is 0.292. The van der Waals surface area contributed by atoms with Gasteiger partial charge in [0.25, 0.3) is 11.8 Å². The summed E-state index contributed by atoms with van der Waals surface area (Å²) in [7, 11) is 0. The number of carbonyl (C=O) groups excluding carboxylic acids is 2. The first kappa shape index (κ1) is 21.0. The number of nitrogens with zero attached hydrogens (tertiary/aromatic N) is 2. The molecule has 8 heteroatoms. The van der Waals surface area contributed by atoms with Crippen molar-refractivity contribution in [2.24, 2.45) is 0 Å². The summed E-state index contributed by atoms with van der Waals surface area (Å²) in [4.78, 5) is 32.8. The van der Waals surface area contributed by atoms with Gasteiger partial charge in [0, 0.05) is 11.1 Å². The van der Waals surface area contributed by atoms with Gasteiger partial charge in [0.1, 0.15) is 11.1 Å². The minimum Gasteiger partial charge on any atom is -0.480 e. The second-order valence-corrected chi connectivity index (χ2v) is 9.06. The lowest BCUT2D eigenvalue weighted by atomic mass is 9.90. The van der Waals surface area contributed by atoms with E-state index in [2.05, 4.69) is 10.3 Å². The molecular weight excluding hydrogens is 449 g/mol. The minimum atomic E-state index is -0.893. The van der Waals surface area contributed by atoms with E-state index >= 15 is 0 Å². The summed E-state index contributed by atoms with van der Waals surface area (Å²) < 4.78 is 5.95. The maximum Gasteiger partial charge on any atom is 0.265 e. The highest BCUT2D eigenvalue weighted by atomic mass is 35.5. The molecule has 0 bridgehead atoms. The molecule has 32 heavy (non-hydrogen) atoms. The van der Waals surface area contributed by atoms with E-state index in [4.69, 9.17) is 27.9 Å². The van der Waals surface area contributed by atoms with E-state index in [0.29, 0.717) is 45.9 Å². The summed E-state index contributed by atoms with van der Waals surface area (Å²) in [6.45, 7) is 1.58. The normalized spacial score (nSPS) is 16.8. The number of aryl methyl sites for hydroxylation is 1. The lowest BCUT2D eigenvalue weighted by Crippen LogP contribution is -2.61. The fourth-order valence-corrected chi connectivity index (χ4v) is 5.33. The van der Waals surface area contributed by atoms with Gasteiger partial charge in [0.2, 0.25) is 0 Å². The van der Waals surface area contributed by atoms with Gasteiger partial charge in [0.05, 0.1) is 21.4 Å². The van der Waals surface area contributed by atoms with Crippen LogP contribution in [0.2, 0.25) is 10.0 Å². The molecule has 1 saturated carbocycles. The van der Waals surface area contributed by atoms with Crippen LogP contribution in [0.1, 0.15) is 31.4 Å². The Bertz CT molecular complexity index is 1250. The van der Waals surface area contributed by atoms with Crippen LogP contribution in [0.3, 0.4) is 0 Å². The Morgan fingerprint density at radius 2 is 1.91 bits per heavy atom. The number of hydrogen-bond acceptors (Lipinski definition) is 4. The van der Waals surface area contributed by atoms with Gasteiger partial charge >= 0.3 is 0 Å². The topological polar surface area (TPSA) is 71.5 Å². The number of rotatable bonds is 3. The molecule has 1 spiro atoms. The van der Waals surface area contributed by atoms with Gasteiger partial charge in [0.15, 0.2) is 12.4 Å².